The lowest BCUT2D eigenvalue weighted by molar-refractivity contribution is -0.152. The molecular weight excluding hydrogens is 288 g/mol. The van der Waals surface area contributed by atoms with Crippen LogP contribution in [0.5, 0.6) is 0 Å². The molecule has 4 atom stereocenters. The van der Waals surface area contributed by atoms with E-state index in [1.807, 2.05) is 13.0 Å². The fraction of sp³-hybridized carbons (Fsp3) is 0.750. The van der Waals surface area contributed by atoms with Crippen LogP contribution >= 0.6 is 0 Å². The van der Waals surface area contributed by atoms with Crippen molar-refractivity contribution in [2.45, 2.75) is 66.2 Å². The molecule has 3 heteroatoms. The van der Waals surface area contributed by atoms with Crippen molar-refractivity contribution in [2.24, 2.45) is 22.7 Å². The highest BCUT2D eigenvalue weighted by Gasteiger charge is 2.52. The standard InChI is InChI=1S/C20H32O3/c1-14(10-13-21)9-12-19(3)15(2)7-8-17-16(19)6-5-11-20(17,4)18(22)23/h6,10,15,17,21H,5,7-9,11-13H2,1-4H3,(H,22,23)/b14-10+/t15-,17+,19?,20+/m1/s1. The van der Waals surface area contributed by atoms with Crippen molar-refractivity contribution in [3.63, 3.8) is 0 Å². The highest BCUT2D eigenvalue weighted by Crippen LogP contribution is 2.58. The number of allylic oxidation sites excluding steroid dienone is 3. The minimum atomic E-state index is -0.638. The lowest BCUT2D eigenvalue weighted by Crippen LogP contribution is -2.47. The van der Waals surface area contributed by atoms with Gasteiger partial charge in [0, 0.05) is 0 Å². The molecule has 0 aliphatic heterocycles. The van der Waals surface area contributed by atoms with E-state index < -0.39 is 11.4 Å². The van der Waals surface area contributed by atoms with Crippen molar-refractivity contribution in [3.05, 3.63) is 23.3 Å². The van der Waals surface area contributed by atoms with Gasteiger partial charge < -0.3 is 10.2 Å². The molecule has 2 rings (SSSR count). The predicted octanol–water partition coefficient (Wildman–Crippen LogP) is 4.57. The number of fused-ring (bicyclic) bond motifs is 1. The van der Waals surface area contributed by atoms with Gasteiger partial charge in [0.1, 0.15) is 0 Å². The number of rotatable bonds is 5. The Labute approximate surface area is 140 Å². The maximum absolute atomic E-state index is 11.9. The fourth-order valence-electron chi connectivity index (χ4n) is 4.67. The first-order valence-corrected chi connectivity index (χ1v) is 8.96. The Morgan fingerprint density at radius 2 is 2.09 bits per heavy atom. The van der Waals surface area contributed by atoms with E-state index in [-0.39, 0.29) is 17.9 Å². The summed E-state index contributed by atoms with van der Waals surface area (Å²) >= 11 is 0. The summed E-state index contributed by atoms with van der Waals surface area (Å²) in [6.45, 7) is 8.76. The number of carboxylic acid groups (broad SMARTS) is 1. The molecule has 0 bridgehead atoms. The molecule has 0 aromatic carbocycles. The summed E-state index contributed by atoms with van der Waals surface area (Å²) in [4.78, 5) is 11.9. The van der Waals surface area contributed by atoms with Gasteiger partial charge in [0.25, 0.3) is 0 Å². The third-order valence-electron chi connectivity index (χ3n) is 6.77. The molecule has 2 N–H and O–H groups in total. The van der Waals surface area contributed by atoms with Crippen LogP contribution in [0.4, 0.5) is 0 Å². The molecule has 2 aliphatic carbocycles. The SMILES string of the molecule is C/C(=C\CO)CCC1(C)C2=CCC[C@](C)(C(=O)O)[C@H]2CC[C@H]1C. The second kappa shape index (κ2) is 6.80. The van der Waals surface area contributed by atoms with Crippen LogP contribution in [-0.4, -0.2) is 22.8 Å². The maximum atomic E-state index is 11.9. The van der Waals surface area contributed by atoms with Crippen LogP contribution in [-0.2, 0) is 4.79 Å². The molecule has 23 heavy (non-hydrogen) atoms. The molecule has 1 saturated carbocycles. The van der Waals surface area contributed by atoms with Crippen molar-refractivity contribution in [3.8, 4) is 0 Å². The van der Waals surface area contributed by atoms with Gasteiger partial charge in [-0.1, -0.05) is 37.1 Å². The van der Waals surface area contributed by atoms with Gasteiger partial charge in [0.2, 0.25) is 0 Å². The van der Waals surface area contributed by atoms with Gasteiger partial charge in [-0.15, -0.1) is 0 Å². The molecule has 0 spiro atoms. The fourth-order valence-corrected chi connectivity index (χ4v) is 4.67. The molecule has 0 aromatic rings. The second-order valence-electron chi connectivity index (χ2n) is 8.10. The molecule has 130 valence electrons. The first-order valence-electron chi connectivity index (χ1n) is 8.96. The van der Waals surface area contributed by atoms with Crippen molar-refractivity contribution in [1.82, 2.24) is 0 Å². The van der Waals surface area contributed by atoms with Gasteiger partial charge in [-0.25, -0.2) is 0 Å². The maximum Gasteiger partial charge on any atom is 0.309 e. The average Bonchev–Trinajstić information content (AvgIpc) is 2.50. The van der Waals surface area contributed by atoms with E-state index in [4.69, 9.17) is 5.11 Å². The normalized spacial score (nSPS) is 38.0. The van der Waals surface area contributed by atoms with Crippen LogP contribution in [0.2, 0.25) is 0 Å². The van der Waals surface area contributed by atoms with Crippen LogP contribution in [0.1, 0.15) is 66.2 Å². The molecule has 0 radical (unpaired) electrons. The summed E-state index contributed by atoms with van der Waals surface area (Å²) in [6.07, 6.45) is 9.96. The predicted molar refractivity (Wildman–Crippen MR) is 93.1 cm³/mol. The smallest absolute Gasteiger partial charge is 0.309 e. The van der Waals surface area contributed by atoms with Crippen molar-refractivity contribution in [2.75, 3.05) is 6.61 Å². The van der Waals surface area contributed by atoms with Crippen LogP contribution in [0.3, 0.4) is 0 Å². The average molecular weight is 320 g/mol. The van der Waals surface area contributed by atoms with E-state index in [1.54, 1.807) is 0 Å². The van der Waals surface area contributed by atoms with Gasteiger partial charge in [-0.3, -0.25) is 4.79 Å². The zero-order valence-corrected chi connectivity index (χ0v) is 15.1. The van der Waals surface area contributed by atoms with E-state index in [2.05, 4.69) is 26.8 Å². The topological polar surface area (TPSA) is 57.5 Å². The Hall–Kier alpha value is -1.09. The minimum absolute atomic E-state index is 0.0740. The zero-order chi connectivity index (χ0) is 17.3. The number of aliphatic hydroxyl groups excluding tert-OH is 1. The largest absolute Gasteiger partial charge is 0.481 e. The Kier molecular flexibility index (Phi) is 5.40. The third kappa shape index (κ3) is 3.26. The zero-order valence-electron chi connectivity index (χ0n) is 15.1. The number of aliphatic carboxylic acids is 1. The van der Waals surface area contributed by atoms with E-state index in [0.717, 1.165) is 38.5 Å². The Balaban J connectivity index is 2.29. The third-order valence-corrected chi connectivity index (χ3v) is 6.77. The molecule has 0 aromatic heterocycles. The minimum Gasteiger partial charge on any atom is -0.481 e. The lowest BCUT2D eigenvalue weighted by Gasteiger charge is -2.52. The van der Waals surface area contributed by atoms with Crippen LogP contribution < -0.4 is 0 Å². The van der Waals surface area contributed by atoms with Gasteiger partial charge in [0.15, 0.2) is 0 Å². The van der Waals surface area contributed by atoms with Gasteiger partial charge in [-0.2, -0.15) is 0 Å². The van der Waals surface area contributed by atoms with Gasteiger partial charge in [-0.05, 0) is 69.6 Å². The summed E-state index contributed by atoms with van der Waals surface area (Å²) in [5.74, 6) is 0.113. The van der Waals surface area contributed by atoms with Crippen molar-refractivity contribution in [1.29, 1.82) is 0 Å². The molecule has 1 fully saturated rings. The van der Waals surface area contributed by atoms with Crippen LogP contribution in [0, 0.1) is 22.7 Å². The quantitative estimate of drug-likeness (QED) is 0.730. The Bertz CT molecular complexity index is 519. The summed E-state index contributed by atoms with van der Waals surface area (Å²) in [7, 11) is 0. The number of aliphatic hydroxyl groups is 1. The summed E-state index contributed by atoms with van der Waals surface area (Å²) < 4.78 is 0. The molecule has 3 nitrogen and oxygen atoms in total. The highest BCUT2D eigenvalue weighted by atomic mass is 16.4. The van der Waals surface area contributed by atoms with Crippen LogP contribution in [0.25, 0.3) is 0 Å². The first-order chi connectivity index (χ1) is 10.8. The number of carboxylic acids is 1. The van der Waals surface area contributed by atoms with Crippen molar-refractivity contribution < 1.29 is 15.0 Å². The van der Waals surface area contributed by atoms with Gasteiger partial charge in [0.05, 0.1) is 12.0 Å². The number of carbonyl (C=O) groups is 1. The van der Waals surface area contributed by atoms with Crippen LogP contribution in [0.15, 0.2) is 23.3 Å². The van der Waals surface area contributed by atoms with E-state index in [9.17, 15) is 9.90 Å². The summed E-state index contributed by atoms with van der Waals surface area (Å²) in [6, 6.07) is 0. The number of hydrogen-bond donors (Lipinski definition) is 2. The molecule has 0 heterocycles. The van der Waals surface area contributed by atoms with E-state index in [0.29, 0.717) is 5.92 Å². The Morgan fingerprint density at radius 1 is 1.39 bits per heavy atom. The number of hydrogen-bond acceptors (Lipinski definition) is 2. The Morgan fingerprint density at radius 3 is 2.70 bits per heavy atom. The summed E-state index contributed by atoms with van der Waals surface area (Å²) in [5.41, 5.74) is 2.08. The molecular formula is C20H32O3. The molecule has 2 aliphatic rings. The molecule has 0 saturated heterocycles. The first kappa shape index (κ1) is 18.3. The van der Waals surface area contributed by atoms with E-state index in [1.165, 1.54) is 11.1 Å². The lowest BCUT2D eigenvalue weighted by atomic mass is 9.51. The van der Waals surface area contributed by atoms with E-state index >= 15 is 0 Å². The second-order valence-corrected chi connectivity index (χ2v) is 8.10. The van der Waals surface area contributed by atoms with Gasteiger partial charge >= 0.3 is 5.97 Å². The molecule has 1 unspecified atom stereocenters. The molecule has 0 amide bonds. The highest BCUT2D eigenvalue weighted by molar-refractivity contribution is 5.75. The monoisotopic (exact) mass is 320 g/mol. The summed E-state index contributed by atoms with van der Waals surface area (Å²) in [5, 5.41) is 18.9. The van der Waals surface area contributed by atoms with Crippen molar-refractivity contribution >= 4 is 5.97 Å².